The van der Waals surface area contributed by atoms with Gasteiger partial charge in [0.25, 0.3) is 0 Å². The Hall–Kier alpha value is -4.14. The third-order valence-corrected chi connectivity index (χ3v) is 10.1. The van der Waals surface area contributed by atoms with Crippen molar-refractivity contribution in [3.05, 3.63) is 47.7 Å². The predicted octanol–water partition coefficient (Wildman–Crippen LogP) is 5.10. The van der Waals surface area contributed by atoms with E-state index in [0.717, 1.165) is 38.6 Å². The van der Waals surface area contributed by atoms with Gasteiger partial charge < -0.3 is 20.1 Å². The van der Waals surface area contributed by atoms with Crippen LogP contribution in [-0.4, -0.2) is 81.5 Å². The molecule has 4 atom stereocenters. The van der Waals surface area contributed by atoms with E-state index < -0.39 is 23.3 Å². The van der Waals surface area contributed by atoms with Gasteiger partial charge in [0.05, 0.1) is 16.5 Å². The summed E-state index contributed by atoms with van der Waals surface area (Å²) in [6.07, 6.45) is 11.7. The zero-order valence-electron chi connectivity index (χ0n) is 24.7. The van der Waals surface area contributed by atoms with Gasteiger partial charge in [0.1, 0.15) is 41.4 Å². The van der Waals surface area contributed by atoms with E-state index in [2.05, 4.69) is 31.0 Å². The Morgan fingerprint density at radius 2 is 1.93 bits per heavy atom. The van der Waals surface area contributed by atoms with Crippen LogP contribution in [0.5, 0.6) is 11.8 Å². The van der Waals surface area contributed by atoms with Crippen molar-refractivity contribution >= 4 is 27.5 Å². The molecule has 232 valence electrons. The molecule has 0 aliphatic carbocycles. The first-order valence-electron chi connectivity index (χ1n) is 15.6. The van der Waals surface area contributed by atoms with Gasteiger partial charge in [-0.1, -0.05) is 18.4 Å². The number of aromatic nitrogens is 3. The van der Waals surface area contributed by atoms with Crippen molar-refractivity contribution in [2.75, 3.05) is 37.7 Å². The maximum Gasteiger partial charge on any atom is 0.319 e. The molecule has 2 N–H and O–H groups in total. The van der Waals surface area contributed by atoms with Gasteiger partial charge in [-0.2, -0.15) is 9.97 Å². The number of alkyl halides is 1. The van der Waals surface area contributed by atoms with Crippen molar-refractivity contribution in [2.24, 2.45) is 0 Å². The van der Waals surface area contributed by atoms with E-state index in [9.17, 15) is 13.9 Å². The normalized spacial score (nSPS) is 26.4. The summed E-state index contributed by atoms with van der Waals surface area (Å²) < 4.78 is 52.3. The number of ether oxygens (including phenoxy) is 1. The summed E-state index contributed by atoms with van der Waals surface area (Å²) in [5, 5.41) is 15.3. The number of hydrogen-bond donors (Lipinski definition) is 2. The molecule has 45 heavy (non-hydrogen) atoms. The first-order chi connectivity index (χ1) is 21.8. The van der Waals surface area contributed by atoms with Crippen LogP contribution in [0.25, 0.3) is 32.9 Å². The number of phenols is 1. The van der Waals surface area contributed by atoms with Crippen LogP contribution >= 0.6 is 0 Å². The summed E-state index contributed by atoms with van der Waals surface area (Å²) in [6, 6.07) is 6.06. The molecular weight excluding hydrogens is 581 g/mol. The van der Waals surface area contributed by atoms with E-state index in [4.69, 9.17) is 16.1 Å². The molecule has 0 amide bonds. The maximum absolute atomic E-state index is 16.8. The van der Waals surface area contributed by atoms with Crippen molar-refractivity contribution < 1.29 is 23.0 Å². The van der Waals surface area contributed by atoms with Crippen LogP contribution in [0, 0.1) is 24.0 Å². The highest BCUT2D eigenvalue weighted by Crippen LogP contribution is 2.42. The predicted molar refractivity (Wildman–Crippen MR) is 165 cm³/mol. The summed E-state index contributed by atoms with van der Waals surface area (Å²) in [5.74, 6) is 1.36. The topological polar surface area (TPSA) is 86.6 Å². The van der Waals surface area contributed by atoms with Crippen molar-refractivity contribution in [1.82, 2.24) is 25.2 Å². The summed E-state index contributed by atoms with van der Waals surface area (Å²) >= 11 is 0. The molecule has 4 aromatic rings. The first kappa shape index (κ1) is 28.3. The summed E-state index contributed by atoms with van der Waals surface area (Å²) in [6.45, 7) is 2.79. The number of benzene rings is 2. The Kier molecular flexibility index (Phi) is 6.76. The molecule has 8 nitrogen and oxygen atoms in total. The molecule has 4 fully saturated rings. The third-order valence-electron chi connectivity index (χ3n) is 10.1. The van der Waals surface area contributed by atoms with Crippen LogP contribution in [0.1, 0.15) is 44.1 Å². The number of aromatic hydroxyl groups is 1. The second kappa shape index (κ2) is 10.7. The maximum atomic E-state index is 16.8. The highest BCUT2D eigenvalue weighted by atomic mass is 19.1. The molecule has 4 saturated heterocycles. The summed E-state index contributed by atoms with van der Waals surface area (Å²) in [7, 11) is 0. The van der Waals surface area contributed by atoms with Crippen molar-refractivity contribution in [1.29, 1.82) is 0 Å². The highest BCUT2D eigenvalue weighted by Gasteiger charge is 2.49. The number of piperidine rings is 1. The fraction of sp³-hybridized carbons (Fsp3) is 0.441. The number of halogens is 3. The Balaban J connectivity index is 1.27. The Bertz CT molecular complexity index is 1870. The van der Waals surface area contributed by atoms with E-state index in [1.165, 1.54) is 30.5 Å². The number of phenolic OH excluding ortho intramolecular Hbond substituents is 1. The lowest BCUT2D eigenvalue weighted by molar-refractivity contribution is 0.107. The SMILES string of the molecule is C#Cc1c(F)ccc2cc(O)cc(-c3ncc4c(N5CC6CCCC(C5)N6)nc(OC[C@@]56CCCN5C[C@H](F)C6)nc4c3F)c12. The fourth-order valence-electron chi connectivity index (χ4n) is 8.09. The number of rotatable bonds is 5. The lowest BCUT2D eigenvalue weighted by Gasteiger charge is -2.43. The Labute approximate surface area is 258 Å². The number of fused-ring (bicyclic) bond motifs is 5. The number of anilines is 1. The van der Waals surface area contributed by atoms with E-state index in [-0.39, 0.29) is 58.2 Å². The van der Waals surface area contributed by atoms with E-state index in [1.54, 1.807) is 0 Å². The van der Waals surface area contributed by atoms with Gasteiger partial charge in [0.15, 0.2) is 5.82 Å². The van der Waals surface area contributed by atoms with Gasteiger partial charge in [0, 0.05) is 55.3 Å². The zero-order valence-corrected chi connectivity index (χ0v) is 24.7. The number of nitrogens with zero attached hydrogens (tertiary/aromatic N) is 5. The molecular formula is C34H33F3N6O2. The van der Waals surface area contributed by atoms with Crippen molar-refractivity contribution in [3.8, 4) is 35.4 Å². The molecule has 0 saturated carbocycles. The molecule has 8 rings (SSSR count). The highest BCUT2D eigenvalue weighted by molar-refractivity contribution is 6.03. The van der Waals surface area contributed by atoms with Gasteiger partial charge in [-0.25, -0.2) is 13.2 Å². The van der Waals surface area contributed by atoms with Gasteiger partial charge >= 0.3 is 6.01 Å². The van der Waals surface area contributed by atoms with Gasteiger partial charge in [-0.15, -0.1) is 6.42 Å². The Morgan fingerprint density at radius 3 is 2.73 bits per heavy atom. The monoisotopic (exact) mass is 614 g/mol. The lowest BCUT2D eigenvalue weighted by Crippen LogP contribution is -2.59. The molecule has 6 heterocycles. The molecule has 2 aromatic carbocycles. The average molecular weight is 615 g/mol. The van der Waals surface area contributed by atoms with E-state index >= 15 is 4.39 Å². The largest absolute Gasteiger partial charge is 0.508 e. The van der Waals surface area contributed by atoms with Crippen molar-refractivity contribution in [2.45, 2.75) is 62.3 Å². The minimum absolute atomic E-state index is 0.00517. The molecule has 2 unspecified atom stereocenters. The number of terminal acetylenes is 1. The first-order valence-corrected chi connectivity index (χ1v) is 15.6. The summed E-state index contributed by atoms with van der Waals surface area (Å²) in [4.78, 5) is 18.2. The van der Waals surface area contributed by atoms with E-state index in [1.807, 2.05) is 0 Å². The van der Waals surface area contributed by atoms with Crippen LogP contribution in [0.15, 0.2) is 30.5 Å². The molecule has 0 radical (unpaired) electrons. The van der Waals surface area contributed by atoms with Crippen LogP contribution in [0.2, 0.25) is 0 Å². The fourth-order valence-corrected chi connectivity index (χ4v) is 8.09. The Morgan fingerprint density at radius 1 is 1.11 bits per heavy atom. The zero-order chi connectivity index (χ0) is 30.9. The van der Waals surface area contributed by atoms with E-state index in [0.29, 0.717) is 42.6 Å². The van der Waals surface area contributed by atoms with Crippen LogP contribution < -0.4 is 15.0 Å². The van der Waals surface area contributed by atoms with Crippen LogP contribution in [0.3, 0.4) is 0 Å². The van der Waals surface area contributed by atoms with Gasteiger partial charge in [-0.3, -0.25) is 9.88 Å². The third kappa shape index (κ3) is 4.73. The van der Waals surface area contributed by atoms with Gasteiger partial charge in [0.2, 0.25) is 0 Å². The number of hydrogen-bond acceptors (Lipinski definition) is 8. The number of piperazine rings is 1. The molecule has 0 spiro atoms. The number of pyridine rings is 1. The van der Waals surface area contributed by atoms with Crippen molar-refractivity contribution in [3.63, 3.8) is 0 Å². The standard InChI is InChI=1S/C34H33F3N6O2/c1-2-24-27(36)8-7-19-11-23(44)12-25(28(19)24)30-29(37)31-26(14-38-30)32(42-16-21-5-3-6-22(17-42)39-21)41-33(40-31)45-18-34-9-4-10-43(34)15-20(35)13-34/h1,7-8,11-12,14,20-22,39,44H,3-6,9-10,13,15-18H2/t20-,21?,22?,34+/m1/s1. The molecule has 11 heteroatoms. The molecule has 4 aliphatic heterocycles. The minimum Gasteiger partial charge on any atom is -0.508 e. The average Bonchev–Trinajstić information content (AvgIpc) is 3.55. The van der Waals surface area contributed by atoms with Crippen LogP contribution in [0.4, 0.5) is 19.0 Å². The lowest BCUT2D eigenvalue weighted by atomic mass is 9.94. The minimum atomic E-state index is -0.914. The molecule has 2 aromatic heterocycles. The number of nitrogens with one attached hydrogen (secondary N) is 1. The van der Waals surface area contributed by atoms with Gasteiger partial charge in [-0.05, 0) is 55.8 Å². The summed E-state index contributed by atoms with van der Waals surface area (Å²) in [5.41, 5.74) is -0.463. The second-order valence-corrected chi connectivity index (χ2v) is 12.9. The smallest absolute Gasteiger partial charge is 0.319 e. The molecule has 2 bridgehead atoms. The quantitative estimate of drug-likeness (QED) is 0.301. The second-order valence-electron chi connectivity index (χ2n) is 12.9. The molecule has 4 aliphatic rings. The van der Waals surface area contributed by atoms with Crippen LogP contribution in [-0.2, 0) is 0 Å².